The van der Waals surface area contributed by atoms with Crippen LogP contribution >= 0.6 is 0 Å². The third-order valence-electron chi connectivity index (χ3n) is 2.00. The Hall–Kier alpha value is -2.26. The number of hydrogen-bond donors (Lipinski definition) is 1. The molecule has 0 radical (unpaired) electrons. The van der Waals surface area contributed by atoms with Crippen molar-refractivity contribution in [2.45, 2.75) is 13.3 Å². The highest BCUT2D eigenvalue weighted by Crippen LogP contribution is 2.10. The molecule has 1 aromatic rings. The number of anilines is 1. The molecule has 0 spiro atoms. The van der Waals surface area contributed by atoms with Gasteiger partial charge in [-0.25, -0.2) is 0 Å². The Kier molecular flexibility index (Phi) is 5.34. The lowest BCUT2D eigenvalue weighted by atomic mass is 10.2. The van der Waals surface area contributed by atoms with Gasteiger partial charge in [0.15, 0.2) is 0 Å². The average Bonchev–Trinajstić information content (AvgIpc) is 2.30. The zero-order valence-electron chi connectivity index (χ0n) is 9.63. The molecule has 5 heteroatoms. The topological polar surface area (TPSA) is 77.9 Å². The number of amides is 1. The first kappa shape index (κ1) is 12.8. The molecule has 0 aliphatic carbocycles. The molecule has 5 nitrogen and oxygen atoms in total. The van der Waals surface area contributed by atoms with Gasteiger partial charge in [0, 0.05) is 24.1 Å². The van der Waals surface area contributed by atoms with Crippen LogP contribution in [0.25, 0.3) is 16.5 Å². The fourth-order valence-corrected chi connectivity index (χ4v) is 1.28. The summed E-state index contributed by atoms with van der Waals surface area (Å²) < 4.78 is 0. The molecule has 0 atom stereocenters. The molecule has 0 saturated carbocycles. The number of carbonyl (C=O) groups excluding carboxylic acids is 1. The number of hydrogen-bond acceptors (Lipinski definition) is 2. The van der Waals surface area contributed by atoms with Crippen molar-refractivity contribution < 1.29 is 4.79 Å². The summed E-state index contributed by atoms with van der Waals surface area (Å²) in [5.74, 6) is -0.0809. The van der Waals surface area contributed by atoms with Crippen molar-refractivity contribution in [3.8, 4) is 0 Å². The van der Waals surface area contributed by atoms with E-state index < -0.39 is 0 Å². The van der Waals surface area contributed by atoms with E-state index in [1.807, 2.05) is 36.4 Å². The molecular formula is C12H14N4O. The lowest BCUT2D eigenvalue weighted by Crippen LogP contribution is -2.05. The van der Waals surface area contributed by atoms with E-state index in [2.05, 4.69) is 15.3 Å². The number of nitrogens with one attached hydrogen (secondary N) is 1. The lowest BCUT2D eigenvalue weighted by Gasteiger charge is -2.01. The molecule has 17 heavy (non-hydrogen) atoms. The summed E-state index contributed by atoms with van der Waals surface area (Å²) in [5, 5.41) is 6.13. The van der Waals surface area contributed by atoms with Gasteiger partial charge >= 0.3 is 0 Å². The van der Waals surface area contributed by atoms with E-state index in [-0.39, 0.29) is 5.91 Å². The maximum absolute atomic E-state index is 10.8. The van der Waals surface area contributed by atoms with Crippen LogP contribution in [0.1, 0.15) is 18.9 Å². The fraction of sp³-hybridized carbons (Fsp3) is 0.250. The van der Waals surface area contributed by atoms with Gasteiger partial charge in [0.05, 0.1) is 0 Å². The van der Waals surface area contributed by atoms with E-state index >= 15 is 0 Å². The summed E-state index contributed by atoms with van der Waals surface area (Å²) in [6, 6.07) is 7.51. The third-order valence-corrected chi connectivity index (χ3v) is 2.00. The Morgan fingerprint density at radius 2 is 2.18 bits per heavy atom. The van der Waals surface area contributed by atoms with Crippen LogP contribution in [0.4, 0.5) is 5.69 Å². The Morgan fingerprint density at radius 3 is 2.76 bits per heavy atom. The molecule has 0 aromatic heterocycles. The van der Waals surface area contributed by atoms with Gasteiger partial charge in [-0.1, -0.05) is 29.4 Å². The van der Waals surface area contributed by atoms with Crippen LogP contribution in [0.15, 0.2) is 35.5 Å². The molecule has 0 fully saturated rings. The van der Waals surface area contributed by atoms with Crippen molar-refractivity contribution in [2.75, 3.05) is 11.9 Å². The monoisotopic (exact) mass is 230 g/mol. The Balaban J connectivity index is 2.50. The maximum atomic E-state index is 10.8. The number of benzene rings is 1. The van der Waals surface area contributed by atoms with Crippen LogP contribution in [0.3, 0.4) is 0 Å². The molecule has 0 bridgehead atoms. The SMILES string of the molecule is CC(=O)Nc1ccc(C=CCCN=[N+]=[N-])cc1. The molecular weight excluding hydrogens is 216 g/mol. The van der Waals surface area contributed by atoms with E-state index in [9.17, 15) is 4.79 Å². The Bertz CT molecular complexity index is 444. The van der Waals surface area contributed by atoms with Crippen LogP contribution in [0.2, 0.25) is 0 Å². The quantitative estimate of drug-likeness (QED) is 0.358. The first-order chi connectivity index (χ1) is 8.22. The van der Waals surface area contributed by atoms with Gasteiger partial charge in [-0.15, -0.1) is 0 Å². The summed E-state index contributed by atoms with van der Waals surface area (Å²) in [4.78, 5) is 13.5. The minimum atomic E-state index is -0.0809. The lowest BCUT2D eigenvalue weighted by molar-refractivity contribution is -0.114. The summed E-state index contributed by atoms with van der Waals surface area (Å²) in [6.07, 6.45) is 4.62. The minimum absolute atomic E-state index is 0.0809. The van der Waals surface area contributed by atoms with Crippen molar-refractivity contribution >= 4 is 17.7 Å². The zero-order valence-corrected chi connectivity index (χ0v) is 9.63. The molecule has 88 valence electrons. The molecule has 1 amide bonds. The number of carbonyl (C=O) groups is 1. The first-order valence-electron chi connectivity index (χ1n) is 5.27. The molecule has 0 aliphatic rings. The van der Waals surface area contributed by atoms with Gasteiger partial charge < -0.3 is 5.32 Å². The molecule has 0 aliphatic heterocycles. The van der Waals surface area contributed by atoms with Crippen molar-refractivity contribution in [1.29, 1.82) is 0 Å². The smallest absolute Gasteiger partial charge is 0.221 e. The van der Waals surface area contributed by atoms with Gasteiger partial charge in [0.25, 0.3) is 0 Å². The van der Waals surface area contributed by atoms with Crippen molar-refractivity contribution in [2.24, 2.45) is 5.11 Å². The predicted molar refractivity (Wildman–Crippen MR) is 68.4 cm³/mol. The largest absolute Gasteiger partial charge is 0.326 e. The highest BCUT2D eigenvalue weighted by molar-refractivity contribution is 5.88. The van der Waals surface area contributed by atoms with Gasteiger partial charge in [0.1, 0.15) is 0 Å². The van der Waals surface area contributed by atoms with Crippen LogP contribution in [-0.4, -0.2) is 12.5 Å². The average molecular weight is 230 g/mol. The fourth-order valence-electron chi connectivity index (χ4n) is 1.28. The zero-order chi connectivity index (χ0) is 12.5. The molecule has 0 unspecified atom stereocenters. The molecule has 1 N–H and O–H groups in total. The highest BCUT2D eigenvalue weighted by atomic mass is 16.1. The normalized spacial score (nSPS) is 9.94. The predicted octanol–water partition coefficient (Wildman–Crippen LogP) is 3.36. The van der Waals surface area contributed by atoms with Gasteiger partial charge in [0.2, 0.25) is 5.91 Å². The van der Waals surface area contributed by atoms with Crippen molar-refractivity contribution in [3.63, 3.8) is 0 Å². The first-order valence-corrected chi connectivity index (χ1v) is 5.27. The van der Waals surface area contributed by atoms with E-state index in [0.717, 1.165) is 17.7 Å². The summed E-state index contributed by atoms with van der Waals surface area (Å²) in [7, 11) is 0. The van der Waals surface area contributed by atoms with Crippen LogP contribution < -0.4 is 5.32 Å². The molecule has 0 saturated heterocycles. The summed E-state index contributed by atoms with van der Waals surface area (Å²) in [6.45, 7) is 1.94. The standard InChI is InChI=1S/C12H14N4O/c1-10(17)15-12-7-5-11(6-8-12)4-2-3-9-14-16-13/h2,4-8H,3,9H2,1H3,(H,15,17). The van der Waals surface area contributed by atoms with E-state index in [4.69, 9.17) is 5.53 Å². The van der Waals surface area contributed by atoms with Crippen LogP contribution in [-0.2, 0) is 4.79 Å². The number of rotatable bonds is 5. The Morgan fingerprint density at radius 1 is 1.47 bits per heavy atom. The number of nitrogens with zero attached hydrogens (tertiary/aromatic N) is 3. The second-order valence-electron chi connectivity index (χ2n) is 3.45. The van der Waals surface area contributed by atoms with Crippen molar-refractivity contribution in [3.05, 3.63) is 46.3 Å². The van der Waals surface area contributed by atoms with Gasteiger partial charge in [-0.05, 0) is 29.6 Å². The van der Waals surface area contributed by atoms with Gasteiger partial charge in [-0.2, -0.15) is 0 Å². The number of azide groups is 1. The van der Waals surface area contributed by atoms with E-state index in [0.29, 0.717) is 6.54 Å². The summed E-state index contributed by atoms with van der Waals surface area (Å²) >= 11 is 0. The van der Waals surface area contributed by atoms with Crippen LogP contribution in [0, 0.1) is 0 Å². The maximum Gasteiger partial charge on any atom is 0.221 e. The molecule has 1 rings (SSSR count). The highest BCUT2D eigenvalue weighted by Gasteiger charge is 1.93. The van der Waals surface area contributed by atoms with E-state index in [1.54, 1.807) is 0 Å². The molecule has 1 aromatic carbocycles. The van der Waals surface area contributed by atoms with Crippen molar-refractivity contribution in [1.82, 2.24) is 0 Å². The second kappa shape index (κ2) is 7.09. The second-order valence-corrected chi connectivity index (χ2v) is 3.45. The van der Waals surface area contributed by atoms with Crippen LogP contribution in [0.5, 0.6) is 0 Å². The minimum Gasteiger partial charge on any atom is -0.326 e. The summed E-state index contributed by atoms with van der Waals surface area (Å²) in [5.41, 5.74) is 9.91. The van der Waals surface area contributed by atoms with Gasteiger partial charge in [-0.3, -0.25) is 4.79 Å². The molecule has 0 heterocycles. The van der Waals surface area contributed by atoms with E-state index in [1.165, 1.54) is 6.92 Å². The Labute approximate surface area is 99.8 Å². The third kappa shape index (κ3) is 5.39.